The highest BCUT2D eigenvalue weighted by Crippen LogP contribution is 2.46. The minimum Gasteiger partial charge on any atom is -0.493 e. The Morgan fingerprint density at radius 1 is 0.462 bits per heavy atom. The maximum atomic E-state index is 14.9. The van der Waals surface area contributed by atoms with Crippen LogP contribution in [-0.4, -0.2) is 12.8 Å². The third-order valence-electron chi connectivity index (χ3n) is 6.92. The van der Waals surface area contributed by atoms with Gasteiger partial charge in [-0.3, -0.25) is 0 Å². The molecule has 0 aliphatic rings. The molecule has 0 bridgehead atoms. The summed E-state index contributed by atoms with van der Waals surface area (Å²) in [5, 5.41) is 4.02. The highest BCUT2D eigenvalue weighted by molar-refractivity contribution is 7.85. The summed E-state index contributed by atoms with van der Waals surface area (Å²) < 4.78 is 35.4. The predicted molar refractivity (Wildman–Crippen MR) is 165 cm³/mol. The highest BCUT2D eigenvalue weighted by Gasteiger charge is 2.32. The van der Waals surface area contributed by atoms with Crippen molar-refractivity contribution < 1.29 is 13.9 Å². The van der Waals surface area contributed by atoms with Gasteiger partial charge in [0, 0.05) is 27.4 Å². The number of ether oxygens (including phenoxy) is 1. The zero-order valence-electron chi connectivity index (χ0n) is 21.8. The molecule has 0 saturated heterocycles. The summed E-state index contributed by atoms with van der Waals surface area (Å²) in [7, 11) is -5.90. The first-order chi connectivity index (χ1) is 19.1. The van der Waals surface area contributed by atoms with Crippen LogP contribution in [0.1, 0.15) is 12.8 Å². The van der Waals surface area contributed by atoms with Crippen LogP contribution in [0.2, 0.25) is 0 Å². The molecule has 0 atom stereocenters. The molecule has 3 nitrogen and oxygen atoms in total. The Morgan fingerprint density at radius 3 is 1.36 bits per heavy atom. The van der Waals surface area contributed by atoms with Gasteiger partial charge < -0.3 is 13.9 Å². The van der Waals surface area contributed by atoms with Crippen molar-refractivity contribution >= 4 is 40.8 Å². The lowest BCUT2D eigenvalue weighted by atomic mass is 10.3. The second kappa shape index (κ2) is 12.5. The number of hydrogen-bond donors (Lipinski definition) is 0. The minimum absolute atomic E-state index is 0.449. The van der Waals surface area contributed by atoms with Crippen molar-refractivity contribution in [2.24, 2.45) is 0 Å². The molecule has 0 spiro atoms. The third-order valence-corrected chi connectivity index (χ3v) is 13.2. The number of benzene rings is 5. The van der Waals surface area contributed by atoms with Crippen molar-refractivity contribution in [3.8, 4) is 5.75 Å². The molecule has 5 aromatic carbocycles. The molecule has 196 valence electrons. The van der Waals surface area contributed by atoms with Gasteiger partial charge >= 0.3 is 0 Å². The first-order valence-electron chi connectivity index (χ1n) is 13.3. The topological polar surface area (TPSA) is 43.4 Å². The van der Waals surface area contributed by atoms with E-state index in [0.29, 0.717) is 23.8 Å². The third kappa shape index (κ3) is 5.86. The van der Waals surface area contributed by atoms with Gasteiger partial charge in [0.15, 0.2) is 7.14 Å². The first-order valence-corrected chi connectivity index (χ1v) is 16.9. The van der Waals surface area contributed by atoms with Crippen molar-refractivity contribution in [3.63, 3.8) is 0 Å². The van der Waals surface area contributed by atoms with Gasteiger partial charge in [0.05, 0.1) is 11.9 Å². The minimum atomic E-state index is -3.15. The van der Waals surface area contributed by atoms with E-state index in [1.54, 1.807) is 0 Å². The molecule has 5 aromatic rings. The van der Waals surface area contributed by atoms with E-state index in [9.17, 15) is 9.13 Å². The van der Waals surface area contributed by atoms with E-state index in [-0.39, 0.29) is 0 Å². The average molecular weight is 551 g/mol. The summed E-state index contributed by atoms with van der Waals surface area (Å²) >= 11 is 0. The SMILES string of the molecule is O=P(CCCCOc1ccccc1P(=O)(c1ccccc1)c1ccccc1)(c1ccccc1)c1ccccc1. The quantitative estimate of drug-likeness (QED) is 0.139. The Labute approximate surface area is 231 Å². The molecule has 39 heavy (non-hydrogen) atoms. The fourth-order valence-corrected chi connectivity index (χ4v) is 10.5. The molecule has 0 heterocycles. The maximum Gasteiger partial charge on any atom is 0.174 e. The van der Waals surface area contributed by atoms with Crippen molar-refractivity contribution in [3.05, 3.63) is 146 Å². The molecule has 0 N–H and O–H groups in total. The van der Waals surface area contributed by atoms with Crippen LogP contribution in [0.5, 0.6) is 5.75 Å². The zero-order chi connectivity index (χ0) is 27.0. The second-order valence-electron chi connectivity index (χ2n) is 9.44. The van der Waals surface area contributed by atoms with Crippen molar-refractivity contribution in [2.45, 2.75) is 12.8 Å². The lowest BCUT2D eigenvalue weighted by molar-refractivity contribution is 0.312. The smallest absolute Gasteiger partial charge is 0.174 e. The molecule has 0 aromatic heterocycles. The van der Waals surface area contributed by atoms with E-state index in [4.69, 9.17) is 4.74 Å². The van der Waals surface area contributed by atoms with Gasteiger partial charge in [-0.05, 0) is 25.0 Å². The van der Waals surface area contributed by atoms with Gasteiger partial charge in [-0.2, -0.15) is 0 Å². The van der Waals surface area contributed by atoms with Crippen LogP contribution in [0.4, 0.5) is 0 Å². The van der Waals surface area contributed by atoms with E-state index < -0.39 is 14.3 Å². The van der Waals surface area contributed by atoms with E-state index in [1.165, 1.54) is 0 Å². The van der Waals surface area contributed by atoms with Crippen LogP contribution < -0.4 is 31.3 Å². The summed E-state index contributed by atoms with van der Waals surface area (Å²) in [6, 6.07) is 46.4. The average Bonchev–Trinajstić information content (AvgIpc) is 3.02. The number of hydrogen-bond acceptors (Lipinski definition) is 3. The normalized spacial score (nSPS) is 11.7. The fourth-order valence-electron chi connectivity index (χ4n) is 4.91. The summed E-state index contributed by atoms with van der Waals surface area (Å²) in [4.78, 5) is 0. The molecule has 0 aliphatic carbocycles. The summed E-state index contributed by atoms with van der Waals surface area (Å²) in [6.07, 6.45) is 2.05. The fraction of sp³-hybridized carbons (Fsp3) is 0.118. The molecular weight excluding hydrogens is 518 g/mol. The predicted octanol–water partition coefficient (Wildman–Crippen LogP) is 6.50. The molecule has 0 radical (unpaired) electrons. The van der Waals surface area contributed by atoms with Gasteiger partial charge in [-0.25, -0.2) is 0 Å². The van der Waals surface area contributed by atoms with Crippen molar-refractivity contribution in [1.29, 1.82) is 0 Å². The lowest BCUT2D eigenvalue weighted by Gasteiger charge is -2.23. The molecule has 5 heteroatoms. The Balaban J connectivity index is 1.34. The Hall–Kier alpha value is -3.64. The van der Waals surface area contributed by atoms with E-state index in [1.807, 2.05) is 146 Å². The van der Waals surface area contributed by atoms with Crippen molar-refractivity contribution in [2.75, 3.05) is 12.8 Å². The van der Waals surface area contributed by atoms with Gasteiger partial charge in [0.1, 0.15) is 12.9 Å². The van der Waals surface area contributed by atoms with E-state index >= 15 is 0 Å². The van der Waals surface area contributed by atoms with Gasteiger partial charge in [0.2, 0.25) is 0 Å². The number of rotatable bonds is 11. The monoisotopic (exact) mass is 550 g/mol. The van der Waals surface area contributed by atoms with Crippen LogP contribution >= 0.6 is 14.3 Å². The van der Waals surface area contributed by atoms with Crippen molar-refractivity contribution in [1.82, 2.24) is 0 Å². The summed E-state index contributed by atoms with van der Waals surface area (Å²) in [6.45, 7) is 0.449. The molecule has 0 fully saturated rings. The Kier molecular flexibility index (Phi) is 8.62. The maximum absolute atomic E-state index is 14.9. The van der Waals surface area contributed by atoms with Crippen LogP contribution in [-0.2, 0) is 9.13 Å². The zero-order valence-corrected chi connectivity index (χ0v) is 23.6. The molecule has 0 unspecified atom stereocenters. The van der Waals surface area contributed by atoms with Gasteiger partial charge in [-0.1, -0.05) is 133 Å². The lowest BCUT2D eigenvalue weighted by Crippen LogP contribution is -2.26. The molecule has 5 rings (SSSR count). The number of para-hydroxylation sites is 1. The Bertz CT molecular complexity index is 1480. The molecule has 0 saturated carbocycles. The second-order valence-corrected chi connectivity index (χ2v) is 15.1. The van der Waals surface area contributed by atoms with Gasteiger partial charge in [-0.15, -0.1) is 0 Å². The summed E-state index contributed by atoms with van der Waals surface area (Å²) in [5.74, 6) is 0.628. The van der Waals surface area contributed by atoms with Crippen LogP contribution in [0.15, 0.2) is 146 Å². The van der Waals surface area contributed by atoms with Crippen LogP contribution in [0.3, 0.4) is 0 Å². The van der Waals surface area contributed by atoms with Gasteiger partial charge in [0.25, 0.3) is 0 Å². The van der Waals surface area contributed by atoms with E-state index in [0.717, 1.165) is 34.1 Å². The first kappa shape index (κ1) is 26.9. The van der Waals surface area contributed by atoms with Crippen LogP contribution in [0.25, 0.3) is 0 Å². The highest BCUT2D eigenvalue weighted by atomic mass is 31.2. The van der Waals surface area contributed by atoms with E-state index in [2.05, 4.69) is 0 Å². The standard InChI is InChI=1S/C34H32O3P2/c35-38(29-17-5-1-6-18-29,30-19-7-2-8-20-30)28-16-15-27-37-33-25-13-14-26-34(33)39(36,31-21-9-3-10-22-31)32-23-11-4-12-24-32/h1-14,17-26H,15-16,27-28H2. The number of unbranched alkanes of at least 4 members (excludes halogenated alkanes) is 1. The molecule has 0 amide bonds. The Morgan fingerprint density at radius 2 is 0.872 bits per heavy atom. The van der Waals surface area contributed by atoms with Crippen LogP contribution in [0, 0.1) is 0 Å². The largest absolute Gasteiger partial charge is 0.493 e. The molecule has 0 aliphatic heterocycles. The summed E-state index contributed by atoms with van der Waals surface area (Å²) in [5.41, 5.74) is 0. The molecular formula is C34H32O3P2.